The van der Waals surface area contributed by atoms with E-state index in [1.807, 2.05) is 18.3 Å². The molecule has 1 unspecified atom stereocenters. The van der Waals surface area contributed by atoms with Gasteiger partial charge < -0.3 is 5.32 Å². The summed E-state index contributed by atoms with van der Waals surface area (Å²) in [4.78, 5) is 1.18. The number of hydrogen-bond acceptors (Lipinski definition) is 4. The molecule has 0 saturated carbocycles. The zero-order valence-electron chi connectivity index (χ0n) is 10.3. The Hall–Kier alpha value is -0.970. The van der Waals surface area contributed by atoms with Crippen molar-refractivity contribution in [2.75, 3.05) is 6.54 Å². The second kappa shape index (κ2) is 6.83. The van der Waals surface area contributed by atoms with E-state index in [0.29, 0.717) is 0 Å². The topological polar surface area (TPSA) is 37.8 Å². The Labute approximate surface area is 116 Å². The van der Waals surface area contributed by atoms with Gasteiger partial charge in [-0.2, -0.15) is 0 Å². The van der Waals surface area contributed by atoms with Gasteiger partial charge in [-0.05, 0) is 48.6 Å². The average molecular weight is 282 g/mol. The molecular weight excluding hydrogens is 266 g/mol. The summed E-state index contributed by atoms with van der Waals surface area (Å²) < 4.78 is 3.94. The molecule has 2 rings (SSSR count). The third kappa shape index (κ3) is 3.77. The summed E-state index contributed by atoms with van der Waals surface area (Å²) in [6, 6.07) is 8.28. The molecule has 18 heavy (non-hydrogen) atoms. The minimum absolute atomic E-state index is 0.283. The van der Waals surface area contributed by atoms with Gasteiger partial charge in [-0.25, -0.2) is 0 Å². The number of halogens is 1. The lowest BCUT2D eigenvalue weighted by Gasteiger charge is -2.16. The van der Waals surface area contributed by atoms with Crippen LogP contribution in [0, 0.1) is 0 Å². The van der Waals surface area contributed by atoms with Crippen molar-refractivity contribution in [1.82, 2.24) is 14.9 Å². The van der Waals surface area contributed by atoms with Gasteiger partial charge in [0.15, 0.2) is 0 Å². The molecule has 0 aliphatic carbocycles. The van der Waals surface area contributed by atoms with Crippen LogP contribution in [0.5, 0.6) is 0 Å². The number of rotatable bonds is 6. The lowest BCUT2D eigenvalue weighted by Crippen LogP contribution is -2.23. The van der Waals surface area contributed by atoms with E-state index in [-0.39, 0.29) is 6.04 Å². The molecule has 0 spiro atoms. The van der Waals surface area contributed by atoms with Crippen molar-refractivity contribution in [1.29, 1.82) is 0 Å². The van der Waals surface area contributed by atoms with Crippen LogP contribution in [0.1, 0.15) is 29.8 Å². The van der Waals surface area contributed by atoms with Crippen molar-refractivity contribution in [2.24, 2.45) is 0 Å². The zero-order valence-corrected chi connectivity index (χ0v) is 11.8. The Kier molecular flexibility index (Phi) is 5.11. The van der Waals surface area contributed by atoms with Gasteiger partial charge in [0, 0.05) is 11.1 Å². The van der Waals surface area contributed by atoms with Gasteiger partial charge in [-0.1, -0.05) is 35.1 Å². The fourth-order valence-electron chi connectivity index (χ4n) is 1.78. The minimum Gasteiger partial charge on any atom is -0.309 e. The van der Waals surface area contributed by atoms with Crippen molar-refractivity contribution >= 4 is 23.1 Å². The number of benzene rings is 1. The summed E-state index contributed by atoms with van der Waals surface area (Å²) >= 11 is 7.35. The molecule has 3 nitrogen and oxygen atoms in total. The molecule has 2 aromatic rings. The lowest BCUT2D eigenvalue weighted by atomic mass is 10.1. The molecule has 0 aliphatic heterocycles. The smallest absolute Gasteiger partial charge is 0.0669 e. The van der Waals surface area contributed by atoms with E-state index in [1.165, 1.54) is 22.0 Å². The Balaban J connectivity index is 2.07. The molecule has 1 N–H and O–H groups in total. The van der Waals surface area contributed by atoms with Crippen LogP contribution >= 0.6 is 23.1 Å². The quantitative estimate of drug-likeness (QED) is 0.881. The van der Waals surface area contributed by atoms with Crippen LogP contribution in [-0.4, -0.2) is 16.1 Å². The highest BCUT2D eigenvalue weighted by atomic mass is 35.5. The van der Waals surface area contributed by atoms with Crippen molar-refractivity contribution in [3.05, 3.63) is 45.9 Å². The summed E-state index contributed by atoms with van der Waals surface area (Å²) in [7, 11) is 0. The summed E-state index contributed by atoms with van der Waals surface area (Å²) in [5, 5.41) is 8.22. The van der Waals surface area contributed by atoms with Crippen LogP contribution in [0.4, 0.5) is 0 Å². The monoisotopic (exact) mass is 281 g/mol. The molecule has 5 heteroatoms. The van der Waals surface area contributed by atoms with Gasteiger partial charge in [0.05, 0.1) is 11.1 Å². The van der Waals surface area contributed by atoms with Crippen molar-refractivity contribution < 1.29 is 0 Å². The van der Waals surface area contributed by atoms with E-state index in [4.69, 9.17) is 11.6 Å². The molecule has 0 saturated heterocycles. The van der Waals surface area contributed by atoms with Crippen LogP contribution in [-0.2, 0) is 6.42 Å². The number of hydrogen-bond donors (Lipinski definition) is 1. The summed E-state index contributed by atoms with van der Waals surface area (Å²) in [6.07, 6.45) is 3.89. The van der Waals surface area contributed by atoms with E-state index < -0.39 is 0 Å². The molecule has 0 radical (unpaired) electrons. The van der Waals surface area contributed by atoms with Gasteiger partial charge in [-0.3, -0.25) is 0 Å². The van der Waals surface area contributed by atoms with Crippen molar-refractivity contribution in [3.63, 3.8) is 0 Å². The first-order valence-corrected chi connectivity index (χ1v) is 7.20. The Morgan fingerprint density at radius 3 is 2.72 bits per heavy atom. The largest absolute Gasteiger partial charge is 0.309 e. The van der Waals surface area contributed by atoms with Gasteiger partial charge in [-0.15, -0.1) is 5.10 Å². The molecule has 1 aromatic carbocycles. The highest BCUT2D eigenvalue weighted by Gasteiger charge is 2.13. The first kappa shape index (κ1) is 13.5. The third-order valence-corrected chi connectivity index (χ3v) is 3.74. The number of aromatic nitrogens is 2. The molecule has 0 fully saturated rings. The molecule has 96 valence electrons. The summed E-state index contributed by atoms with van der Waals surface area (Å²) in [6.45, 7) is 3.16. The third-order valence-electron chi connectivity index (χ3n) is 2.72. The van der Waals surface area contributed by atoms with Gasteiger partial charge in [0.2, 0.25) is 0 Å². The standard InChI is InChI=1S/C13H16ClN3S/c1-2-7-15-12(13-9-16-17-18-13)8-10-3-5-11(14)6-4-10/h3-6,9,12,15H,2,7-8H2,1H3. The van der Waals surface area contributed by atoms with Crippen LogP contribution < -0.4 is 5.32 Å². The summed E-state index contributed by atoms with van der Waals surface area (Å²) in [5.41, 5.74) is 1.27. The Bertz CT molecular complexity index is 456. The molecular formula is C13H16ClN3S. The van der Waals surface area contributed by atoms with Gasteiger partial charge in [0.1, 0.15) is 0 Å². The highest BCUT2D eigenvalue weighted by Crippen LogP contribution is 2.21. The normalized spacial score (nSPS) is 12.6. The molecule has 1 aromatic heterocycles. The molecule has 1 atom stereocenters. The van der Waals surface area contributed by atoms with E-state index >= 15 is 0 Å². The first-order chi connectivity index (χ1) is 8.79. The molecule has 0 bridgehead atoms. The molecule has 1 heterocycles. The van der Waals surface area contributed by atoms with Gasteiger partial charge in [0.25, 0.3) is 0 Å². The average Bonchev–Trinajstić information content (AvgIpc) is 2.90. The highest BCUT2D eigenvalue weighted by molar-refractivity contribution is 7.05. The predicted octanol–water partition coefficient (Wildman–Crippen LogP) is 3.47. The Morgan fingerprint density at radius 2 is 2.11 bits per heavy atom. The zero-order chi connectivity index (χ0) is 12.8. The number of nitrogens with one attached hydrogen (secondary N) is 1. The van der Waals surface area contributed by atoms with E-state index in [2.05, 4.69) is 34.0 Å². The molecule has 0 aliphatic rings. The Morgan fingerprint density at radius 1 is 1.33 bits per heavy atom. The SMILES string of the molecule is CCCNC(Cc1ccc(Cl)cc1)c1cnns1. The van der Waals surface area contributed by atoms with Crippen LogP contribution in [0.25, 0.3) is 0 Å². The maximum absolute atomic E-state index is 5.90. The van der Waals surface area contributed by atoms with Crippen LogP contribution in [0.15, 0.2) is 30.5 Å². The van der Waals surface area contributed by atoms with Crippen LogP contribution in [0.3, 0.4) is 0 Å². The maximum Gasteiger partial charge on any atom is 0.0669 e. The van der Waals surface area contributed by atoms with Crippen molar-refractivity contribution in [2.45, 2.75) is 25.8 Å². The van der Waals surface area contributed by atoms with Crippen molar-refractivity contribution in [3.8, 4) is 0 Å². The van der Waals surface area contributed by atoms with E-state index in [9.17, 15) is 0 Å². The van der Waals surface area contributed by atoms with Gasteiger partial charge >= 0.3 is 0 Å². The maximum atomic E-state index is 5.90. The second-order valence-electron chi connectivity index (χ2n) is 4.16. The van der Waals surface area contributed by atoms with E-state index in [0.717, 1.165) is 24.4 Å². The van der Waals surface area contributed by atoms with E-state index in [1.54, 1.807) is 0 Å². The summed E-state index contributed by atoms with van der Waals surface area (Å²) in [5.74, 6) is 0. The predicted molar refractivity (Wildman–Crippen MR) is 76.1 cm³/mol. The fourth-order valence-corrected chi connectivity index (χ4v) is 2.48. The molecule has 0 amide bonds. The second-order valence-corrected chi connectivity index (χ2v) is 5.41. The fraction of sp³-hybridized carbons (Fsp3) is 0.385. The number of nitrogens with zero attached hydrogens (tertiary/aromatic N) is 2. The lowest BCUT2D eigenvalue weighted by molar-refractivity contribution is 0.536. The first-order valence-electron chi connectivity index (χ1n) is 6.04. The van der Waals surface area contributed by atoms with Crippen LogP contribution in [0.2, 0.25) is 5.02 Å². The minimum atomic E-state index is 0.283.